The van der Waals surface area contributed by atoms with Crippen LogP contribution in [0.2, 0.25) is 0 Å². The van der Waals surface area contributed by atoms with Crippen LogP contribution in [-0.4, -0.2) is 87.4 Å². The Labute approximate surface area is 468 Å². The number of ether oxygens (including phenoxy) is 4. The molecule has 0 aliphatic heterocycles. The van der Waals surface area contributed by atoms with Gasteiger partial charge < -0.3 is 28.5 Å². The second-order valence-electron chi connectivity index (χ2n) is 22.3. The molecule has 0 aliphatic carbocycles. The van der Waals surface area contributed by atoms with Crippen LogP contribution in [0.15, 0.2) is 72.9 Å². The molecule has 0 fully saturated rings. The van der Waals surface area contributed by atoms with Crippen molar-refractivity contribution >= 4 is 17.9 Å². The van der Waals surface area contributed by atoms with Crippen molar-refractivity contribution in [1.82, 2.24) is 0 Å². The van der Waals surface area contributed by atoms with Gasteiger partial charge in [-0.25, -0.2) is 4.79 Å². The highest BCUT2D eigenvalue weighted by Crippen LogP contribution is 2.17. The molecule has 0 aromatic carbocycles. The molecule has 0 radical (unpaired) electrons. The molecule has 2 unspecified atom stereocenters. The van der Waals surface area contributed by atoms with E-state index < -0.39 is 24.3 Å². The van der Waals surface area contributed by atoms with Crippen LogP contribution in [0, 0.1) is 0 Å². The first-order valence-electron chi connectivity index (χ1n) is 31.6. The van der Waals surface area contributed by atoms with Crippen LogP contribution in [0.5, 0.6) is 0 Å². The molecule has 0 saturated carbocycles. The molecule has 0 bridgehead atoms. The first-order chi connectivity index (χ1) is 37.1. The number of carboxylic acid groups (broad SMARTS) is 1. The van der Waals surface area contributed by atoms with E-state index in [0.29, 0.717) is 23.9 Å². The lowest BCUT2D eigenvalue weighted by atomic mass is 10.0. The van der Waals surface area contributed by atoms with Crippen molar-refractivity contribution in [2.24, 2.45) is 0 Å². The van der Waals surface area contributed by atoms with E-state index >= 15 is 0 Å². The Hall–Kier alpha value is -3.27. The standard InChI is InChI=1S/C67H119NO8/c1-6-8-10-12-14-16-18-20-22-24-26-28-30-31-32-33-34-35-36-38-40-42-44-46-48-50-52-54-56-58-65(70)76-63(62-75-67(66(71)72)73-60-59-68(3,4)5)61-74-64(69)57-55-53-51-49-47-45-43-41-39-37-29-27-25-23-21-19-17-15-13-11-9-7-2/h8,10,14,16,20,22,26,28,31-32,34-35,63,67H,6-7,9,11-13,15,17-19,21,23-25,27,29-30,33,36-62H2,1-5H3/p+1/b10-8-,16-14-,22-20-,28-26-,32-31-,35-34-. The lowest BCUT2D eigenvalue weighted by molar-refractivity contribution is -0.870. The maximum atomic E-state index is 12.9. The van der Waals surface area contributed by atoms with E-state index in [1.807, 2.05) is 21.1 Å². The maximum absolute atomic E-state index is 12.9. The highest BCUT2D eigenvalue weighted by atomic mass is 16.7. The maximum Gasteiger partial charge on any atom is 0.361 e. The van der Waals surface area contributed by atoms with E-state index in [2.05, 4.69) is 86.8 Å². The molecule has 0 aliphatic rings. The molecule has 76 heavy (non-hydrogen) atoms. The third-order valence-corrected chi connectivity index (χ3v) is 13.7. The number of quaternary nitrogens is 1. The Morgan fingerprint density at radius 3 is 1.12 bits per heavy atom. The van der Waals surface area contributed by atoms with Crippen LogP contribution in [0.1, 0.15) is 277 Å². The summed E-state index contributed by atoms with van der Waals surface area (Å²) in [6.45, 7) is 4.79. The number of carbonyl (C=O) groups is 3. The number of hydrogen-bond donors (Lipinski definition) is 1. The van der Waals surface area contributed by atoms with Gasteiger partial charge in [0.1, 0.15) is 13.2 Å². The minimum atomic E-state index is -1.51. The van der Waals surface area contributed by atoms with Crippen molar-refractivity contribution < 1.29 is 42.9 Å². The fourth-order valence-electron chi connectivity index (χ4n) is 8.90. The zero-order valence-electron chi connectivity index (χ0n) is 50.2. The highest BCUT2D eigenvalue weighted by molar-refractivity contribution is 5.71. The number of likely N-dealkylation sites (N-methyl/N-ethyl adjacent to an activating group) is 1. The smallest absolute Gasteiger partial charge is 0.361 e. The fourth-order valence-corrected chi connectivity index (χ4v) is 8.90. The number of carbonyl (C=O) groups excluding carboxylic acids is 2. The van der Waals surface area contributed by atoms with Crippen LogP contribution < -0.4 is 0 Å². The highest BCUT2D eigenvalue weighted by Gasteiger charge is 2.25. The van der Waals surface area contributed by atoms with Gasteiger partial charge in [0.15, 0.2) is 6.10 Å². The predicted molar refractivity (Wildman–Crippen MR) is 323 cm³/mol. The summed E-state index contributed by atoms with van der Waals surface area (Å²) >= 11 is 0. The van der Waals surface area contributed by atoms with Gasteiger partial charge in [-0.3, -0.25) is 9.59 Å². The molecule has 9 heteroatoms. The zero-order chi connectivity index (χ0) is 55.5. The van der Waals surface area contributed by atoms with Crippen molar-refractivity contribution in [2.75, 3.05) is 47.5 Å². The molecule has 0 heterocycles. The zero-order valence-corrected chi connectivity index (χ0v) is 50.2. The Balaban J connectivity index is 4.20. The van der Waals surface area contributed by atoms with Crippen LogP contribution in [0.4, 0.5) is 0 Å². The van der Waals surface area contributed by atoms with Crippen LogP contribution >= 0.6 is 0 Å². The van der Waals surface area contributed by atoms with Crippen molar-refractivity contribution in [1.29, 1.82) is 0 Å². The first kappa shape index (κ1) is 72.7. The fraction of sp³-hybridized carbons (Fsp3) is 0.776. The molecular weight excluding hydrogens is 947 g/mol. The summed E-state index contributed by atoms with van der Waals surface area (Å²) in [6, 6.07) is 0. The second-order valence-corrected chi connectivity index (χ2v) is 22.3. The van der Waals surface area contributed by atoms with Gasteiger partial charge in [-0.15, -0.1) is 0 Å². The Morgan fingerprint density at radius 2 is 0.750 bits per heavy atom. The summed E-state index contributed by atoms with van der Waals surface area (Å²) in [4.78, 5) is 37.5. The van der Waals surface area contributed by atoms with Crippen LogP contribution in [0.25, 0.3) is 0 Å². The third kappa shape index (κ3) is 58.4. The molecule has 9 nitrogen and oxygen atoms in total. The molecule has 0 saturated heterocycles. The van der Waals surface area contributed by atoms with Gasteiger partial charge in [-0.2, -0.15) is 0 Å². The molecule has 0 rings (SSSR count). The van der Waals surface area contributed by atoms with Gasteiger partial charge in [0.2, 0.25) is 0 Å². The molecule has 0 spiro atoms. The average molecular weight is 1070 g/mol. The van der Waals surface area contributed by atoms with Gasteiger partial charge >= 0.3 is 17.9 Å². The molecule has 0 amide bonds. The normalized spacial score (nSPS) is 13.2. The Bertz CT molecular complexity index is 1470. The lowest BCUT2D eigenvalue weighted by Gasteiger charge is -2.25. The summed E-state index contributed by atoms with van der Waals surface area (Å²) in [5, 5.41) is 9.72. The van der Waals surface area contributed by atoms with Gasteiger partial charge in [-0.05, 0) is 64.2 Å². The van der Waals surface area contributed by atoms with E-state index in [1.54, 1.807) is 0 Å². The minimum Gasteiger partial charge on any atom is -0.477 e. The van der Waals surface area contributed by atoms with Gasteiger partial charge in [0, 0.05) is 12.8 Å². The summed E-state index contributed by atoms with van der Waals surface area (Å²) in [5.74, 6) is -2.00. The summed E-state index contributed by atoms with van der Waals surface area (Å²) in [6.07, 6.45) is 72.7. The van der Waals surface area contributed by atoms with E-state index in [9.17, 15) is 19.5 Å². The van der Waals surface area contributed by atoms with Gasteiger partial charge in [0.25, 0.3) is 6.29 Å². The van der Waals surface area contributed by atoms with Gasteiger partial charge in [-0.1, -0.05) is 273 Å². The van der Waals surface area contributed by atoms with Crippen LogP contribution in [0.3, 0.4) is 0 Å². The third-order valence-electron chi connectivity index (χ3n) is 13.7. The molecule has 2 atom stereocenters. The lowest BCUT2D eigenvalue weighted by Crippen LogP contribution is -2.40. The molecule has 1 N–H and O–H groups in total. The number of allylic oxidation sites excluding steroid dienone is 12. The van der Waals surface area contributed by atoms with E-state index in [-0.39, 0.29) is 32.2 Å². The summed E-state index contributed by atoms with van der Waals surface area (Å²) in [7, 11) is 5.97. The molecule has 440 valence electrons. The monoisotopic (exact) mass is 1070 g/mol. The Morgan fingerprint density at radius 1 is 0.408 bits per heavy atom. The Kier molecular flexibility index (Phi) is 55.4. The molecule has 0 aromatic rings. The van der Waals surface area contributed by atoms with Crippen molar-refractivity contribution in [3.63, 3.8) is 0 Å². The largest absolute Gasteiger partial charge is 0.477 e. The van der Waals surface area contributed by atoms with E-state index in [1.165, 1.54) is 161 Å². The number of esters is 2. The van der Waals surface area contributed by atoms with E-state index in [0.717, 1.165) is 83.5 Å². The quantitative estimate of drug-likeness (QED) is 0.0211. The number of rotatable bonds is 58. The number of unbranched alkanes of at least 4 members (excludes halogenated alkanes) is 31. The molecule has 0 aromatic heterocycles. The van der Waals surface area contributed by atoms with Gasteiger partial charge in [0.05, 0.1) is 34.4 Å². The summed E-state index contributed by atoms with van der Waals surface area (Å²) in [5.41, 5.74) is 0. The second kappa shape index (κ2) is 57.9. The predicted octanol–water partition coefficient (Wildman–Crippen LogP) is 19.0. The van der Waals surface area contributed by atoms with Crippen molar-refractivity contribution in [2.45, 2.75) is 289 Å². The minimum absolute atomic E-state index is 0.183. The van der Waals surface area contributed by atoms with E-state index in [4.69, 9.17) is 18.9 Å². The molecular formula is C67H120NO8+. The SMILES string of the molecule is CC/C=C\C/C=C\C/C=C\C/C=C\C/C=C\C/C=C\CCCCCCCCCCCCC(=O)OC(COC(=O)CCCCCCCCCCCCCCCCCCCCCCCC)COC(OCC[N+](C)(C)C)C(=O)O. The first-order valence-corrected chi connectivity index (χ1v) is 31.6. The van der Waals surface area contributed by atoms with Crippen LogP contribution in [-0.2, 0) is 33.3 Å². The number of aliphatic carboxylic acids is 1. The number of carboxylic acids is 1. The number of hydrogen-bond acceptors (Lipinski definition) is 7. The average Bonchev–Trinajstić information content (AvgIpc) is 3.39. The summed E-state index contributed by atoms with van der Waals surface area (Å²) < 4.78 is 22.9. The number of nitrogens with zero attached hydrogens (tertiary/aromatic N) is 1. The van der Waals surface area contributed by atoms with Crippen molar-refractivity contribution in [3.8, 4) is 0 Å². The topological polar surface area (TPSA) is 108 Å². The van der Waals surface area contributed by atoms with Crippen molar-refractivity contribution in [3.05, 3.63) is 72.9 Å².